The first kappa shape index (κ1) is 12.2. The molecule has 1 N–H and O–H groups in total. The van der Waals surface area contributed by atoms with Crippen LogP contribution >= 0.6 is 11.3 Å². The largest absolute Gasteiger partial charge is 0.490 e. The fourth-order valence-electron chi connectivity index (χ4n) is 1.81. The van der Waals surface area contributed by atoms with E-state index in [1.807, 2.05) is 6.92 Å². The lowest BCUT2D eigenvalue weighted by atomic mass is 10.1. The summed E-state index contributed by atoms with van der Waals surface area (Å²) < 4.78 is 5.84. The topological polar surface area (TPSA) is 59.4 Å². The van der Waals surface area contributed by atoms with Crippen LogP contribution in [-0.4, -0.2) is 22.2 Å². The average molecular weight is 275 g/mol. The van der Waals surface area contributed by atoms with Gasteiger partial charge in [-0.05, 0) is 38.0 Å². The highest BCUT2D eigenvalue weighted by atomic mass is 32.1. The Bertz CT molecular complexity index is 631. The van der Waals surface area contributed by atoms with Crippen LogP contribution < -0.4 is 4.74 Å². The molecule has 0 atom stereocenters. The maximum absolute atomic E-state index is 11.1. The van der Waals surface area contributed by atoms with Crippen molar-refractivity contribution in [1.82, 2.24) is 4.98 Å². The molecule has 2 aromatic rings. The van der Waals surface area contributed by atoms with Crippen LogP contribution in [0.3, 0.4) is 0 Å². The molecule has 1 aliphatic rings. The van der Waals surface area contributed by atoms with Crippen molar-refractivity contribution in [3.05, 3.63) is 35.0 Å². The van der Waals surface area contributed by atoms with Crippen molar-refractivity contribution < 1.29 is 14.6 Å². The summed E-state index contributed by atoms with van der Waals surface area (Å²) in [4.78, 5) is 16.2. The van der Waals surface area contributed by atoms with E-state index in [0.717, 1.165) is 34.0 Å². The van der Waals surface area contributed by atoms with E-state index < -0.39 is 5.97 Å². The highest BCUT2D eigenvalue weighted by molar-refractivity contribution is 7.15. The van der Waals surface area contributed by atoms with Crippen LogP contribution in [0.1, 0.15) is 28.2 Å². The van der Waals surface area contributed by atoms with Gasteiger partial charge in [0.15, 0.2) is 0 Å². The zero-order valence-electron chi connectivity index (χ0n) is 10.4. The number of carbonyl (C=O) groups is 1. The predicted octanol–water partition coefficient (Wildman–Crippen LogP) is 3.36. The second kappa shape index (κ2) is 4.66. The Labute approximate surface area is 114 Å². The van der Waals surface area contributed by atoms with Gasteiger partial charge in [0.05, 0.1) is 21.6 Å². The molecule has 3 rings (SSSR count). The first-order valence-corrected chi connectivity index (χ1v) is 6.92. The monoisotopic (exact) mass is 275 g/mol. The Balaban J connectivity index is 2.05. The van der Waals surface area contributed by atoms with Gasteiger partial charge in [-0.2, -0.15) is 0 Å². The number of hydrogen-bond donors (Lipinski definition) is 1. The van der Waals surface area contributed by atoms with Gasteiger partial charge in [-0.1, -0.05) is 0 Å². The molecule has 0 aliphatic heterocycles. The van der Waals surface area contributed by atoms with Gasteiger partial charge in [0.1, 0.15) is 5.75 Å². The molecule has 0 saturated heterocycles. The van der Waals surface area contributed by atoms with Gasteiger partial charge in [0, 0.05) is 11.8 Å². The second-order valence-electron chi connectivity index (χ2n) is 4.58. The number of carboxylic acid groups (broad SMARTS) is 1. The maximum atomic E-state index is 11.1. The van der Waals surface area contributed by atoms with Gasteiger partial charge >= 0.3 is 5.97 Å². The lowest BCUT2D eigenvalue weighted by molar-refractivity contribution is 0.0697. The van der Waals surface area contributed by atoms with Crippen molar-refractivity contribution in [2.24, 2.45) is 0 Å². The molecule has 0 bridgehead atoms. The Hall–Kier alpha value is -1.88. The van der Waals surface area contributed by atoms with Gasteiger partial charge in [-0.15, -0.1) is 11.3 Å². The van der Waals surface area contributed by atoms with Crippen molar-refractivity contribution in [2.75, 3.05) is 0 Å². The van der Waals surface area contributed by atoms with Crippen molar-refractivity contribution in [3.8, 4) is 16.2 Å². The number of benzene rings is 1. The second-order valence-corrected chi connectivity index (χ2v) is 5.81. The molecule has 0 radical (unpaired) electrons. The van der Waals surface area contributed by atoms with Crippen LogP contribution in [0.15, 0.2) is 24.4 Å². The Morgan fingerprint density at radius 3 is 2.84 bits per heavy atom. The average Bonchev–Trinajstić information content (AvgIpc) is 3.09. The molecule has 19 heavy (non-hydrogen) atoms. The molecular weight excluding hydrogens is 262 g/mol. The number of ether oxygens (including phenoxy) is 1. The summed E-state index contributed by atoms with van der Waals surface area (Å²) in [5.41, 5.74) is 1.08. The molecule has 1 aliphatic carbocycles. The first-order valence-electron chi connectivity index (χ1n) is 6.10. The van der Waals surface area contributed by atoms with E-state index in [9.17, 15) is 4.79 Å². The predicted molar refractivity (Wildman–Crippen MR) is 72.9 cm³/mol. The van der Waals surface area contributed by atoms with Crippen molar-refractivity contribution in [2.45, 2.75) is 25.9 Å². The van der Waals surface area contributed by atoms with Crippen molar-refractivity contribution in [3.63, 3.8) is 0 Å². The number of aromatic carboxylic acids is 1. The number of thiazole rings is 1. The van der Waals surface area contributed by atoms with Gasteiger partial charge in [0.25, 0.3) is 0 Å². The number of carboxylic acids is 1. The Morgan fingerprint density at radius 1 is 1.47 bits per heavy atom. The van der Waals surface area contributed by atoms with Crippen molar-refractivity contribution in [1.29, 1.82) is 0 Å². The van der Waals surface area contributed by atoms with E-state index in [2.05, 4.69) is 4.98 Å². The molecule has 0 unspecified atom stereocenters. The smallest absolute Gasteiger partial charge is 0.335 e. The van der Waals surface area contributed by atoms with Crippen LogP contribution in [0.4, 0.5) is 0 Å². The summed E-state index contributed by atoms with van der Waals surface area (Å²) in [6, 6.07) is 4.98. The third-order valence-electron chi connectivity index (χ3n) is 2.93. The van der Waals surface area contributed by atoms with E-state index in [4.69, 9.17) is 9.84 Å². The number of aromatic nitrogens is 1. The number of aryl methyl sites for hydroxylation is 1. The SMILES string of the molecule is Cc1ncc(-c2cc(C(=O)O)ccc2OC2CC2)s1. The molecule has 4 nitrogen and oxygen atoms in total. The van der Waals surface area contributed by atoms with E-state index in [1.165, 1.54) is 11.3 Å². The highest BCUT2D eigenvalue weighted by Gasteiger charge is 2.25. The van der Waals surface area contributed by atoms with Gasteiger partial charge in [-0.25, -0.2) is 9.78 Å². The molecule has 1 saturated carbocycles. The van der Waals surface area contributed by atoms with Gasteiger partial charge in [0.2, 0.25) is 0 Å². The van der Waals surface area contributed by atoms with Crippen LogP contribution in [0.2, 0.25) is 0 Å². The molecule has 0 amide bonds. The molecule has 1 aromatic carbocycles. The minimum Gasteiger partial charge on any atom is -0.490 e. The Kier molecular flexibility index (Phi) is 2.98. The maximum Gasteiger partial charge on any atom is 0.335 e. The summed E-state index contributed by atoms with van der Waals surface area (Å²) in [6.45, 7) is 1.93. The van der Waals surface area contributed by atoms with Crippen LogP contribution in [-0.2, 0) is 0 Å². The highest BCUT2D eigenvalue weighted by Crippen LogP contribution is 2.37. The quantitative estimate of drug-likeness (QED) is 0.929. The molecule has 5 heteroatoms. The third-order valence-corrected chi connectivity index (χ3v) is 3.88. The summed E-state index contributed by atoms with van der Waals surface area (Å²) in [6.07, 6.45) is 4.19. The summed E-state index contributed by atoms with van der Waals surface area (Å²) in [7, 11) is 0. The zero-order chi connectivity index (χ0) is 13.4. The van der Waals surface area contributed by atoms with E-state index in [-0.39, 0.29) is 11.7 Å². The van der Waals surface area contributed by atoms with E-state index in [0.29, 0.717) is 0 Å². The summed E-state index contributed by atoms with van der Waals surface area (Å²) in [5.74, 6) is -0.184. The van der Waals surface area contributed by atoms with E-state index in [1.54, 1.807) is 24.4 Å². The fourth-order valence-corrected chi connectivity index (χ4v) is 2.61. The number of hydrogen-bond acceptors (Lipinski definition) is 4. The molecule has 1 aromatic heterocycles. The van der Waals surface area contributed by atoms with Gasteiger partial charge in [-0.3, -0.25) is 0 Å². The zero-order valence-corrected chi connectivity index (χ0v) is 11.2. The van der Waals surface area contributed by atoms with Crippen LogP contribution in [0.25, 0.3) is 10.4 Å². The minimum atomic E-state index is -0.930. The minimum absolute atomic E-state index is 0.268. The summed E-state index contributed by atoms with van der Waals surface area (Å²) >= 11 is 1.54. The van der Waals surface area contributed by atoms with Crippen LogP contribution in [0.5, 0.6) is 5.75 Å². The van der Waals surface area contributed by atoms with Gasteiger partial charge < -0.3 is 9.84 Å². The number of nitrogens with zero attached hydrogens (tertiary/aromatic N) is 1. The normalized spacial score (nSPS) is 14.4. The lowest BCUT2D eigenvalue weighted by Crippen LogP contribution is -2.01. The Morgan fingerprint density at radius 2 is 2.26 bits per heavy atom. The van der Waals surface area contributed by atoms with E-state index >= 15 is 0 Å². The first-order chi connectivity index (χ1) is 9.13. The summed E-state index contributed by atoms with van der Waals surface area (Å²) in [5, 5.41) is 10.0. The molecule has 0 spiro atoms. The fraction of sp³-hybridized carbons (Fsp3) is 0.286. The molecule has 98 valence electrons. The standard InChI is InChI=1S/C14H13NO3S/c1-8-15-7-13(19-8)11-6-9(14(16)17)2-5-12(11)18-10-3-4-10/h2,5-7,10H,3-4H2,1H3,(H,16,17). The third kappa shape index (κ3) is 2.61. The molecule has 1 fully saturated rings. The van der Waals surface area contributed by atoms with Crippen LogP contribution in [0, 0.1) is 6.92 Å². The lowest BCUT2D eigenvalue weighted by Gasteiger charge is -2.10. The molecule has 1 heterocycles. The molecular formula is C14H13NO3S. The number of rotatable bonds is 4. The van der Waals surface area contributed by atoms with Crippen molar-refractivity contribution >= 4 is 17.3 Å².